The molecule has 186 valence electrons. The Morgan fingerprint density at radius 2 is 1.91 bits per heavy atom. The highest BCUT2D eigenvalue weighted by molar-refractivity contribution is 7.98. The predicted molar refractivity (Wildman–Crippen MR) is 135 cm³/mol. The summed E-state index contributed by atoms with van der Waals surface area (Å²) in [5, 5.41) is 0.709. The summed E-state index contributed by atoms with van der Waals surface area (Å²) in [6.45, 7) is 4.91. The SMILES string of the molecule is CCN(CC)S(=O)(=O)c1ccc2c(c1)nc(SCc1nccc(OC)c1OC)n2Cc1ccco1. The lowest BCUT2D eigenvalue weighted by molar-refractivity contribution is 0.350. The number of furan rings is 1. The van der Waals surface area contributed by atoms with Crippen LogP contribution in [0.2, 0.25) is 0 Å². The average molecular weight is 517 g/mol. The maximum Gasteiger partial charge on any atom is 0.243 e. The molecule has 0 aliphatic rings. The molecule has 35 heavy (non-hydrogen) atoms. The van der Waals surface area contributed by atoms with E-state index in [0.29, 0.717) is 47.6 Å². The summed E-state index contributed by atoms with van der Waals surface area (Å²) in [4.78, 5) is 9.47. The third kappa shape index (κ3) is 5.02. The second-order valence-corrected chi connectivity index (χ2v) is 10.5. The van der Waals surface area contributed by atoms with E-state index in [9.17, 15) is 8.42 Å². The van der Waals surface area contributed by atoms with E-state index in [0.717, 1.165) is 17.0 Å². The van der Waals surface area contributed by atoms with Crippen LogP contribution in [0.5, 0.6) is 11.5 Å². The normalized spacial score (nSPS) is 11.9. The number of fused-ring (bicyclic) bond motifs is 1. The molecule has 0 radical (unpaired) electrons. The molecule has 0 spiro atoms. The van der Waals surface area contributed by atoms with Crippen molar-refractivity contribution in [1.82, 2.24) is 18.8 Å². The minimum absolute atomic E-state index is 0.226. The standard InChI is InChI=1S/C24H28N4O5S2/c1-5-27(6-2)35(29,30)18-9-10-21-19(14-18)26-24(28(21)15-17-8-7-13-33-17)34-16-20-23(32-4)22(31-3)11-12-25-20/h7-14H,5-6,15-16H2,1-4H3. The number of pyridine rings is 1. The van der Waals surface area contributed by atoms with Crippen LogP contribution in [-0.4, -0.2) is 54.6 Å². The third-order valence-electron chi connectivity index (χ3n) is 5.63. The fraction of sp³-hybridized carbons (Fsp3) is 0.333. The summed E-state index contributed by atoms with van der Waals surface area (Å²) in [6, 6.07) is 10.5. The largest absolute Gasteiger partial charge is 0.493 e. The number of aromatic nitrogens is 3. The lowest BCUT2D eigenvalue weighted by Gasteiger charge is -2.18. The highest BCUT2D eigenvalue weighted by Crippen LogP contribution is 2.35. The molecule has 0 fully saturated rings. The zero-order valence-electron chi connectivity index (χ0n) is 20.1. The first kappa shape index (κ1) is 25.1. The summed E-state index contributed by atoms with van der Waals surface area (Å²) >= 11 is 1.48. The Morgan fingerprint density at radius 3 is 2.57 bits per heavy atom. The van der Waals surface area contributed by atoms with Gasteiger partial charge in [-0.15, -0.1) is 0 Å². The van der Waals surface area contributed by atoms with Crippen LogP contribution in [0, 0.1) is 0 Å². The van der Waals surface area contributed by atoms with E-state index in [2.05, 4.69) is 4.98 Å². The Bertz CT molecular complexity index is 1400. The van der Waals surface area contributed by atoms with Crippen LogP contribution in [0.4, 0.5) is 0 Å². The second kappa shape index (κ2) is 10.7. The molecule has 4 aromatic rings. The first-order chi connectivity index (χ1) is 16.9. The van der Waals surface area contributed by atoms with Gasteiger partial charge in [-0.25, -0.2) is 13.4 Å². The maximum absolute atomic E-state index is 13.1. The number of sulfonamides is 1. The van der Waals surface area contributed by atoms with Crippen LogP contribution in [0.15, 0.2) is 63.3 Å². The zero-order chi connectivity index (χ0) is 25.0. The average Bonchev–Trinajstić information content (AvgIpc) is 3.50. The molecule has 0 aliphatic carbocycles. The van der Waals surface area contributed by atoms with Crippen molar-refractivity contribution in [3.8, 4) is 11.5 Å². The van der Waals surface area contributed by atoms with Crippen molar-refractivity contribution in [3.63, 3.8) is 0 Å². The molecular formula is C24H28N4O5S2. The number of methoxy groups -OCH3 is 2. The fourth-order valence-electron chi connectivity index (χ4n) is 3.87. The lowest BCUT2D eigenvalue weighted by Crippen LogP contribution is -2.30. The van der Waals surface area contributed by atoms with Gasteiger partial charge in [-0.2, -0.15) is 4.31 Å². The van der Waals surface area contributed by atoms with E-state index in [4.69, 9.17) is 18.9 Å². The van der Waals surface area contributed by atoms with Crippen LogP contribution in [0.3, 0.4) is 0 Å². The van der Waals surface area contributed by atoms with Gasteiger partial charge in [0, 0.05) is 31.1 Å². The van der Waals surface area contributed by atoms with Gasteiger partial charge in [0.25, 0.3) is 0 Å². The number of nitrogens with zero attached hydrogens (tertiary/aromatic N) is 4. The number of hydrogen-bond donors (Lipinski definition) is 0. The molecule has 0 amide bonds. The number of benzene rings is 1. The van der Waals surface area contributed by atoms with Crippen LogP contribution < -0.4 is 9.47 Å². The van der Waals surface area contributed by atoms with Crippen molar-refractivity contribution in [2.24, 2.45) is 0 Å². The van der Waals surface area contributed by atoms with Gasteiger partial charge < -0.3 is 18.5 Å². The Hall–Kier alpha value is -3.02. The number of hydrogen-bond acceptors (Lipinski definition) is 8. The lowest BCUT2D eigenvalue weighted by atomic mass is 10.3. The van der Waals surface area contributed by atoms with E-state index in [-0.39, 0.29) is 4.90 Å². The van der Waals surface area contributed by atoms with Gasteiger partial charge in [-0.05, 0) is 30.3 Å². The summed E-state index contributed by atoms with van der Waals surface area (Å²) in [5.74, 6) is 2.42. The van der Waals surface area contributed by atoms with E-state index in [1.54, 1.807) is 50.9 Å². The second-order valence-electron chi connectivity index (χ2n) is 7.58. The molecule has 0 saturated carbocycles. The quantitative estimate of drug-likeness (QED) is 0.270. The smallest absolute Gasteiger partial charge is 0.243 e. The van der Waals surface area contributed by atoms with Gasteiger partial charge in [-0.3, -0.25) is 4.98 Å². The molecule has 0 unspecified atom stereocenters. The molecule has 3 heterocycles. The minimum atomic E-state index is -3.60. The van der Waals surface area contributed by atoms with Gasteiger partial charge in [0.05, 0.1) is 48.7 Å². The van der Waals surface area contributed by atoms with Crippen LogP contribution in [-0.2, 0) is 22.3 Å². The summed E-state index contributed by atoms with van der Waals surface area (Å²) in [7, 11) is -0.434. The highest BCUT2D eigenvalue weighted by atomic mass is 32.2. The van der Waals surface area contributed by atoms with E-state index in [1.807, 2.05) is 30.5 Å². The van der Waals surface area contributed by atoms with Crippen molar-refractivity contribution >= 4 is 32.8 Å². The Kier molecular flexibility index (Phi) is 7.68. The van der Waals surface area contributed by atoms with Crippen molar-refractivity contribution in [2.45, 2.75) is 36.2 Å². The molecule has 0 atom stereocenters. The van der Waals surface area contributed by atoms with Crippen LogP contribution in [0.25, 0.3) is 11.0 Å². The monoisotopic (exact) mass is 516 g/mol. The molecule has 0 bridgehead atoms. The molecule has 9 nitrogen and oxygen atoms in total. The van der Waals surface area contributed by atoms with Crippen molar-refractivity contribution in [3.05, 3.63) is 60.3 Å². The number of imidazole rings is 1. The first-order valence-corrected chi connectivity index (χ1v) is 13.6. The first-order valence-electron chi connectivity index (χ1n) is 11.1. The minimum Gasteiger partial charge on any atom is -0.493 e. The van der Waals surface area contributed by atoms with Crippen molar-refractivity contribution in [1.29, 1.82) is 0 Å². The third-order valence-corrected chi connectivity index (χ3v) is 8.66. The molecule has 11 heteroatoms. The van der Waals surface area contributed by atoms with E-state index in [1.165, 1.54) is 16.1 Å². The number of thioether (sulfide) groups is 1. The molecule has 1 aromatic carbocycles. The highest BCUT2D eigenvalue weighted by Gasteiger charge is 2.24. The van der Waals surface area contributed by atoms with Crippen molar-refractivity contribution < 1.29 is 22.3 Å². The molecule has 3 aromatic heterocycles. The summed E-state index contributed by atoms with van der Waals surface area (Å²) in [6.07, 6.45) is 3.30. The van der Waals surface area contributed by atoms with Gasteiger partial charge in [0.15, 0.2) is 16.7 Å². The summed E-state index contributed by atoms with van der Waals surface area (Å²) in [5.41, 5.74) is 2.13. The fourth-order valence-corrected chi connectivity index (χ4v) is 6.30. The maximum atomic E-state index is 13.1. The van der Waals surface area contributed by atoms with E-state index >= 15 is 0 Å². The van der Waals surface area contributed by atoms with Gasteiger partial charge >= 0.3 is 0 Å². The van der Waals surface area contributed by atoms with Crippen LogP contribution in [0.1, 0.15) is 25.3 Å². The van der Waals surface area contributed by atoms with Gasteiger partial charge in [0.2, 0.25) is 10.0 Å². The Labute approximate surface area is 209 Å². The Balaban J connectivity index is 1.74. The van der Waals surface area contributed by atoms with E-state index < -0.39 is 10.0 Å². The zero-order valence-corrected chi connectivity index (χ0v) is 21.7. The summed E-state index contributed by atoms with van der Waals surface area (Å²) < 4.78 is 46.0. The predicted octanol–water partition coefficient (Wildman–Crippen LogP) is 4.41. The molecule has 0 aliphatic heterocycles. The molecule has 0 saturated heterocycles. The molecular weight excluding hydrogens is 488 g/mol. The van der Waals surface area contributed by atoms with Gasteiger partial charge in [-0.1, -0.05) is 25.6 Å². The topological polar surface area (TPSA) is 99.7 Å². The number of rotatable bonds is 11. The molecule has 0 N–H and O–H groups in total. The van der Waals surface area contributed by atoms with Gasteiger partial charge in [0.1, 0.15) is 5.76 Å². The Morgan fingerprint density at radius 1 is 1.11 bits per heavy atom. The number of ether oxygens (including phenoxy) is 2. The molecule has 4 rings (SSSR count). The van der Waals surface area contributed by atoms with Crippen LogP contribution >= 0.6 is 11.8 Å². The van der Waals surface area contributed by atoms with Crippen molar-refractivity contribution in [2.75, 3.05) is 27.3 Å².